The van der Waals surface area contributed by atoms with Crippen molar-refractivity contribution < 1.29 is 24.4 Å². The molecule has 0 aliphatic carbocycles. The zero-order valence-corrected chi connectivity index (χ0v) is 11.7. The molecule has 1 rings (SSSR count). The van der Waals surface area contributed by atoms with Gasteiger partial charge in [0.2, 0.25) is 0 Å². The van der Waals surface area contributed by atoms with Crippen LogP contribution in [0, 0.1) is 10.1 Å². The summed E-state index contributed by atoms with van der Waals surface area (Å²) in [6.45, 7) is 1.90. The predicted molar refractivity (Wildman–Crippen MR) is 73.5 cm³/mol. The highest BCUT2D eigenvalue weighted by molar-refractivity contribution is 6.00. The number of hydrogen-bond donors (Lipinski definition) is 1. The van der Waals surface area contributed by atoms with E-state index in [2.05, 4.69) is 0 Å². The molecule has 0 radical (unpaired) electrons. The Morgan fingerprint density at radius 2 is 2.10 bits per heavy atom. The fraction of sp³-hybridized carbons (Fsp3) is 0.385. The summed E-state index contributed by atoms with van der Waals surface area (Å²) >= 11 is 0. The Morgan fingerprint density at radius 3 is 2.62 bits per heavy atom. The van der Waals surface area contributed by atoms with Crippen molar-refractivity contribution in [2.45, 2.75) is 13.3 Å². The Labute approximate surface area is 121 Å². The van der Waals surface area contributed by atoms with Crippen molar-refractivity contribution in [3.05, 3.63) is 33.9 Å². The second-order valence-corrected chi connectivity index (χ2v) is 4.21. The lowest BCUT2D eigenvalue weighted by atomic mass is 10.1. The van der Waals surface area contributed by atoms with Gasteiger partial charge >= 0.3 is 5.97 Å². The zero-order valence-electron chi connectivity index (χ0n) is 11.7. The number of rotatable bonds is 7. The average Bonchev–Trinajstić information content (AvgIpc) is 2.44. The first-order valence-corrected chi connectivity index (χ1v) is 6.26. The molecule has 0 aliphatic rings. The molecule has 0 heterocycles. The van der Waals surface area contributed by atoms with Crippen LogP contribution in [0.4, 0.5) is 5.69 Å². The number of amides is 1. The number of hydrogen-bond acceptors (Lipinski definition) is 5. The van der Waals surface area contributed by atoms with Crippen LogP contribution < -0.4 is 4.74 Å². The van der Waals surface area contributed by atoms with Crippen molar-refractivity contribution in [3.8, 4) is 5.75 Å². The molecule has 0 aliphatic heterocycles. The summed E-state index contributed by atoms with van der Waals surface area (Å²) in [4.78, 5) is 34.4. The van der Waals surface area contributed by atoms with E-state index in [4.69, 9.17) is 9.84 Å². The summed E-state index contributed by atoms with van der Waals surface area (Å²) in [6, 6.07) is 4.10. The molecular weight excluding hydrogens is 280 g/mol. The van der Waals surface area contributed by atoms with Crippen molar-refractivity contribution in [1.29, 1.82) is 0 Å². The molecule has 1 aromatic rings. The van der Waals surface area contributed by atoms with Crippen LogP contribution in [0.25, 0.3) is 0 Å². The first kappa shape index (κ1) is 16.4. The van der Waals surface area contributed by atoms with Crippen molar-refractivity contribution in [3.63, 3.8) is 0 Å². The molecule has 0 spiro atoms. The SMILES string of the molecule is CCOc1cccc([N+](=O)[O-])c1C(=O)N(C)CCC(=O)O. The Bertz CT molecular complexity index is 558. The van der Waals surface area contributed by atoms with Gasteiger partial charge in [-0.25, -0.2) is 0 Å². The summed E-state index contributed by atoms with van der Waals surface area (Å²) in [5.41, 5.74) is -0.537. The summed E-state index contributed by atoms with van der Waals surface area (Å²) in [5, 5.41) is 19.7. The maximum Gasteiger partial charge on any atom is 0.305 e. The topological polar surface area (TPSA) is 110 Å². The number of nitrogens with zero attached hydrogens (tertiary/aromatic N) is 2. The van der Waals surface area contributed by atoms with Crippen molar-refractivity contribution in [2.75, 3.05) is 20.2 Å². The van der Waals surface area contributed by atoms with Crippen LogP contribution in [0.15, 0.2) is 18.2 Å². The summed E-state index contributed by atoms with van der Waals surface area (Å²) < 4.78 is 5.26. The van der Waals surface area contributed by atoms with E-state index in [1.807, 2.05) is 0 Å². The van der Waals surface area contributed by atoms with Crippen LogP contribution in [-0.2, 0) is 4.79 Å². The van der Waals surface area contributed by atoms with Gasteiger partial charge < -0.3 is 14.7 Å². The molecule has 0 saturated heterocycles. The normalized spacial score (nSPS) is 10.0. The third-order valence-corrected chi connectivity index (χ3v) is 2.72. The Morgan fingerprint density at radius 1 is 1.43 bits per heavy atom. The van der Waals surface area contributed by atoms with E-state index in [0.29, 0.717) is 0 Å². The van der Waals surface area contributed by atoms with Gasteiger partial charge in [-0.05, 0) is 13.0 Å². The standard InChI is InChI=1S/C13H16N2O6/c1-3-21-10-6-4-5-9(15(19)20)12(10)13(18)14(2)8-7-11(16)17/h4-6H,3,7-8H2,1-2H3,(H,16,17). The molecule has 1 aromatic carbocycles. The molecular formula is C13H16N2O6. The third-order valence-electron chi connectivity index (χ3n) is 2.72. The predicted octanol–water partition coefficient (Wildman–Crippen LogP) is 1.54. The number of nitro groups is 1. The lowest BCUT2D eigenvalue weighted by molar-refractivity contribution is -0.385. The third kappa shape index (κ3) is 4.16. The summed E-state index contributed by atoms with van der Waals surface area (Å²) in [5.74, 6) is -1.59. The van der Waals surface area contributed by atoms with Crippen molar-refractivity contribution >= 4 is 17.6 Å². The number of carboxylic acids is 1. The largest absolute Gasteiger partial charge is 0.493 e. The van der Waals surface area contributed by atoms with E-state index < -0.39 is 16.8 Å². The van der Waals surface area contributed by atoms with Crippen molar-refractivity contribution in [2.24, 2.45) is 0 Å². The number of carbonyl (C=O) groups is 2. The molecule has 1 N–H and O–H groups in total. The van der Waals surface area contributed by atoms with Crippen molar-refractivity contribution in [1.82, 2.24) is 4.90 Å². The Balaban J connectivity index is 3.15. The molecule has 0 bridgehead atoms. The molecule has 1 amide bonds. The number of aliphatic carboxylic acids is 1. The smallest absolute Gasteiger partial charge is 0.305 e. The van der Waals surface area contributed by atoms with E-state index in [0.717, 1.165) is 4.90 Å². The molecule has 21 heavy (non-hydrogen) atoms. The van der Waals surface area contributed by atoms with Gasteiger partial charge in [-0.15, -0.1) is 0 Å². The zero-order chi connectivity index (χ0) is 16.0. The van der Waals surface area contributed by atoms with E-state index in [9.17, 15) is 19.7 Å². The van der Waals surface area contributed by atoms with Gasteiger partial charge in [0, 0.05) is 19.7 Å². The van der Waals surface area contributed by atoms with Crippen LogP contribution >= 0.6 is 0 Å². The summed E-state index contributed by atoms with van der Waals surface area (Å²) in [6.07, 6.45) is -0.243. The molecule has 0 fully saturated rings. The second-order valence-electron chi connectivity index (χ2n) is 4.21. The lowest BCUT2D eigenvalue weighted by Gasteiger charge is -2.18. The number of benzene rings is 1. The molecule has 0 aromatic heterocycles. The van der Waals surface area contributed by atoms with Gasteiger partial charge in [-0.1, -0.05) is 6.07 Å². The van der Waals surface area contributed by atoms with Gasteiger partial charge in [0.25, 0.3) is 11.6 Å². The minimum absolute atomic E-state index is 0.0498. The molecule has 114 valence electrons. The first-order valence-electron chi connectivity index (χ1n) is 6.26. The van der Waals surface area contributed by atoms with Gasteiger partial charge in [0.15, 0.2) is 5.56 Å². The average molecular weight is 296 g/mol. The highest BCUT2D eigenvalue weighted by Crippen LogP contribution is 2.29. The van der Waals surface area contributed by atoms with Gasteiger partial charge in [0.05, 0.1) is 18.0 Å². The Kier molecular flexibility index (Phi) is 5.65. The highest BCUT2D eigenvalue weighted by atomic mass is 16.6. The van der Waals surface area contributed by atoms with Crippen LogP contribution in [-0.4, -0.2) is 47.0 Å². The van der Waals surface area contributed by atoms with Crippen LogP contribution in [0.2, 0.25) is 0 Å². The fourth-order valence-electron chi connectivity index (χ4n) is 1.72. The molecule has 0 unspecified atom stereocenters. The van der Waals surface area contributed by atoms with E-state index >= 15 is 0 Å². The van der Waals surface area contributed by atoms with Gasteiger partial charge in [-0.2, -0.15) is 0 Å². The van der Waals surface area contributed by atoms with Gasteiger partial charge in [-0.3, -0.25) is 19.7 Å². The minimum Gasteiger partial charge on any atom is -0.493 e. The van der Waals surface area contributed by atoms with Crippen LogP contribution in [0.1, 0.15) is 23.7 Å². The molecule has 0 atom stereocenters. The Hall–Kier alpha value is -2.64. The number of ether oxygens (including phenoxy) is 1. The number of nitro benzene ring substituents is 1. The van der Waals surface area contributed by atoms with Crippen LogP contribution in [0.3, 0.4) is 0 Å². The van der Waals surface area contributed by atoms with Crippen LogP contribution in [0.5, 0.6) is 5.75 Å². The van der Waals surface area contributed by atoms with E-state index in [1.54, 1.807) is 6.92 Å². The van der Waals surface area contributed by atoms with E-state index in [-0.39, 0.29) is 36.6 Å². The highest BCUT2D eigenvalue weighted by Gasteiger charge is 2.27. The maximum absolute atomic E-state index is 12.3. The second kappa shape index (κ2) is 7.22. The minimum atomic E-state index is -1.05. The number of carbonyl (C=O) groups excluding carboxylic acids is 1. The molecule has 0 saturated carbocycles. The number of carboxylic acid groups (broad SMARTS) is 1. The van der Waals surface area contributed by atoms with Gasteiger partial charge in [0.1, 0.15) is 5.75 Å². The quantitative estimate of drug-likeness (QED) is 0.603. The maximum atomic E-state index is 12.3. The monoisotopic (exact) mass is 296 g/mol. The lowest BCUT2D eigenvalue weighted by Crippen LogP contribution is -2.30. The summed E-state index contributed by atoms with van der Waals surface area (Å²) in [7, 11) is 1.39. The van der Waals surface area contributed by atoms with E-state index in [1.165, 1.54) is 25.2 Å². The molecule has 8 nitrogen and oxygen atoms in total. The first-order chi connectivity index (χ1) is 9.88. The molecule has 8 heteroatoms. The fourth-order valence-corrected chi connectivity index (χ4v) is 1.72.